The molecule has 2 aliphatic rings. The molecule has 0 heterocycles. The van der Waals surface area contributed by atoms with E-state index in [2.05, 4.69) is 6.92 Å². The van der Waals surface area contributed by atoms with Crippen LogP contribution in [0.15, 0.2) is 0 Å². The highest BCUT2D eigenvalue weighted by molar-refractivity contribution is 5.73. The molecule has 2 fully saturated rings. The van der Waals surface area contributed by atoms with Crippen LogP contribution in [0.25, 0.3) is 0 Å². The van der Waals surface area contributed by atoms with Gasteiger partial charge in [0.2, 0.25) is 0 Å². The van der Waals surface area contributed by atoms with Gasteiger partial charge >= 0.3 is 0 Å². The monoisotopic (exact) mass is 279 g/mol. The summed E-state index contributed by atoms with van der Waals surface area (Å²) in [6, 6.07) is 0. The van der Waals surface area contributed by atoms with Crippen molar-refractivity contribution in [2.24, 2.45) is 17.3 Å². The van der Waals surface area contributed by atoms with E-state index in [-0.39, 0.29) is 0 Å². The maximum Gasteiger partial charge on any atom is 0.0479 e. The molecule has 0 aromatic heterocycles. The Morgan fingerprint density at radius 3 is 2.25 bits per heavy atom. The topological polar surface area (TPSA) is 40.1 Å². The van der Waals surface area contributed by atoms with Gasteiger partial charge in [-0.2, -0.15) is 0 Å². The molecule has 2 aliphatic carbocycles. The Hall–Kier alpha value is -0.530. The zero-order valence-electron chi connectivity index (χ0n) is 13.2. The van der Waals surface area contributed by atoms with E-state index in [1.54, 1.807) is 0 Å². The minimum atomic E-state index is -0.744. The van der Waals surface area contributed by atoms with E-state index in [0.717, 1.165) is 44.4 Å². The van der Waals surface area contributed by atoms with Crippen LogP contribution in [0.3, 0.4) is 0 Å². The molecule has 0 spiro atoms. The van der Waals surface area contributed by atoms with Gasteiger partial charge in [-0.1, -0.05) is 64.7 Å². The Morgan fingerprint density at radius 2 is 1.70 bits per heavy atom. The molecular weight excluding hydrogens is 248 g/mol. The highest BCUT2D eigenvalue weighted by Crippen LogP contribution is 2.49. The fraction of sp³-hybridized carbons (Fsp3) is 0.944. The number of rotatable bonds is 6. The molecule has 0 atom stereocenters. The van der Waals surface area contributed by atoms with Crippen LogP contribution in [0.2, 0.25) is 0 Å². The molecule has 2 nitrogen and oxygen atoms in total. The average Bonchev–Trinajstić information content (AvgIpc) is 2.49. The van der Waals surface area contributed by atoms with Crippen molar-refractivity contribution < 1.29 is 9.90 Å². The van der Waals surface area contributed by atoms with Crippen LogP contribution < -0.4 is 5.11 Å². The molecular formula is C18H31O2-. The third-order valence-corrected chi connectivity index (χ3v) is 6.00. The molecule has 2 heteroatoms. The SMILES string of the molecule is CCCCCC1CCC(C2(C(=O)[O-])CCCCC2)CC1. The lowest BCUT2D eigenvalue weighted by Crippen LogP contribution is -2.49. The number of carbonyl (C=O) groups is 1. The van der Waals surface area contributed by atoms with Crippen LogP contribution in [0, 0.1) is 17.3 Å². The normalized spacial score (nSPS) is 30.1. The van der Waals surface area contributed by atoms with Gasteiger partial charge in [-0.25, -0.2) is 0 Å². The zero-order chi connectivity index (χ0) is 14.4. The van der Waals surface area contributed by atoms with Crippen molar-refractivity contribution in [1.82, 2.24) is 0 Å². The van der Waals surface area contributed by atoms with E-state index >= 15 is 0 Å². The lowest BCUT2D eigenvalue weighted by atomic mass is 9.60. The van der Waals surface area contributed by atoms with E-state index in [0.29, 0.717) is 5.92 Å². The first kappa shape index (κ1) is 15.9. The maximum atomic E-state index is 11.8. The summed E-state index contributed by atoms with van der Waals surface area (Å²) in [4.78, 5) is 11.8. The second-order valence-electron chi connectivity index (χ2n) is 7.22. The smallest absolute Gasteiger partial charge is 0.0479 e. The van der Waals surface area contributed by atoms with Crippen molar-refractivity contribution in [3.63, 3.8) is 0 Å². The summed E-state index contributed by atoms with van der Waals surface area (Å²) in [5.74, 6) is 0.516. The van der Waals surface area contributed by atoms with Crippen LogP contribution in [-0.2, 0) is 4.79 Å². The van der Waals surface area contributed by atoms with Crippen molar-refractivity contribution in [2.75, 3.05) is 0 Å². The van der Waals surface area contributed by atoms with Crippen molar-refractivity contribution in [3.05, 3.63) is 0 Å². The Kier molecular flexibility index (Phi) is 5.92. The summed E-state index contributed by atoms with van der Waals surface area (Å²) in [6.07, 6.45) is 15.3. The summed E-state index contributed by atoms with van der Waals surface area (Å²) in [6.45, 7) is 2.25. The first-order valence-corrected chi connectivity index (χ1v) is 8.90. The number of carboxylic acids is 1. The summed E-state index contributed by atoms with van der Waals surface area (Å²) >= 11 is 0. The predicted octanol–water partition coefficient (Wildman–Crippen LogP) is 4.07. The summed E-state index contributed by atoms with van der Waals surface area (Å²) in [7, 11) is 0. The summed E-state index contributed by atoms with van der Waals surface area (Å²) in [5.41, 5.74) is -0.466. The van der Waals surface area contributed by atoms with Gasteiger partial charge in [0.05, 0.1) is 0 Å². The highest BCUT2D eigenvalue weighted by atomic mass is 16.4. The molecule has 2 rings (SSSR count). The van der Waals surface area contributed by atoms with Crippen LogP contribution in [-0.4, -0.2) is 5.97 Å². The fourth-order valence-electron chi connectivity index (χ4n) is 4.65. The molecule has 0 radical (unpaired) electrons. The quantitative estimate of drug-likeness (QED) is 0.687. The first-order valence-electron chi connectivity index (χ1n) is 8.90. The Balaban J connectivity index is 1.86. The largest absolute Gasteiger partial charge is 0.550 e. The van der Waals surface area contributed by atoms with E-state index in [9.17, 15) is 9.90 Å². The van der Waals surface area contributed by atoms with Gasteiger partial charge < -0.3 is 9.90 Å². The molecule has 2 saturated carbocycles. The molecule has 0 N–H and O–H groups in total. The van der Waals surface area contributed by atoms with Gasteiger partial charge in [0.25, 0.3) is 0 Å². The van der Waals surface area contributed by atoms with Crippen molar-refractivity contribution in [1.29, 1.82) is 0 Å². The minimum Gasteiger partial charge on any atom is -0.550 e. The second kappa shape index (κ2) is 7.47. The minimum absolute atomic E-state index is 0.398. The van der Waals surface area contributed by atoms with E-state index < -0.39 is 11.4 Å². The Labute approximate surface area is 124 Å². The fourth-order valence-corrected chi connectivity index (χ4v) is 4.65. The van der Waals surface area contributed by atoms with E-state index in [1.165, 1.54) is 44.9 Å². The van der Waals surface area contributed by atoms with Crippen LogP contribution in [0.1, 0.15) is 90.4 Å². The molecule has 20 heavy (non-hydrogen) atoms. The lowest BCUT2D eigenvalue weighted by Gasteiger charge is -2.47. The highest BCUT2D eigenvalue weighted by Gasteiger charge is 2.42. The van der Waals surface area contributed by atoms with Crippen LogP contribution >= 0.6 is 0 Å². The number of hydrogen-bond acceptors (Lipinski definition) is 2. The number of carbonyl (C=O) groups excluding carboxylic acids is 1. The van der Waals surface area contributed by atoms with E-state index in [1.807, 2.05) is 0 Å². The van der Waals surface area contributed by atoms with E-state index in [4.69, 9.17) is 0 Å². The van der Waals surface area contributed by atoms with Crippen molar-refractivity contribution in [2.45, 2.75) is 90.4 Å². The Bertz CT molecular complexity index is 297. The molecule has 0 aliphatic heterocycles. The number of carboxylic acid groups (broad SMARTS) is 1. The predicted molar refractivity (Wildman–Crippen MR) is 80.1 cm³/mol. The second-order valence-corrected chi connectivity index (χ2v) is 7.22. The molecule has 0 aromatic carbocycles. The number of aliphatic carboxylic acids is 1. The maximum absolute atomic E-state index is 11.8. The molecule has 0 aromatic rings. The average molecular weight is 279 g/mol. The van der Waals surface area contributed by atoms with Gasteiger partial charge in [0.1, 0.15) is 0 Å². The van der Waals surface area contributed by atoms with Crippen LogP contribution in [0.4, 0.5) is 0 Å². The van der Waals surface area contributed by atoms with Crippen molar-refractivity contribution >= 4 is 5.97 Å². The molecule has 116 valence electrons. The van der Waals surface area contributed by atoms with Crippen LogP contribution in [0.5, 0.6) is 0 Å². The zero-order valence-corrected chi connectivity index (χ0v) is 13.2. The van der Waals surface area contributed by atoms with Gasteiger partial charge in [0.15, 0.2) is 0 Å². The lowest BCUT2D eigenvalue weighted by molar-refractivity contribution is -0.324. The Morgan fingerprint density at radius 1 is 1.05 bits per heavy atom. The van der Waals surface area contributed by atoms with Crippen molar-refractivity contribution in [3.8, 4) is 0 Å². The number of unbranched alkanes of at least 4 members (excludes halogenated alkanes) is 2. The molecule has 0 saturated heterocycles. The third kappa shape index (κ3) is 3.56. The summed E-state index contributed by atoms with van der Waals surface area (Å²) in [5, 5.41) is 11.8. The van der Waals surface area contributed by atoms with Gasteiger partial charge in [-0.15, -0.1) is 0 Å². The van der Waals surface area contributed by atoms with Gasteiger partial charge in [-0.05, 0) is 37.5 Å². The number of hydrogen-bond donors (Lipinski definition) is 0. The van der Waals surface area contributed by atoms with Gasteiger partial charge in [0, 0.05) is 11.4 Å². The van der Waals surface area contributed by atoms with Gasteiger partial charge in [-0.3, -0.25) is 0 Å². The third-order valence-electron chi connectivity index (χ3n) is 6.00. The molecule has 0 amide bonds. The first-order chi connectivity index (χ1) is 9.69. The molecule has 0 unspecified atom stereocenters. The standard InChI is InChI=1S/C18H32O2/c1-2-3-5-8-15-9-11-16(12-10-15)18(17(19)20)13-6-4-7-14-18/h15-16H,2-14H2,1H3,(H,19,20)/p-1. The summed E-state index contributed by atoms with van der Waals surface area (Å²) < 4.78 is 0. The molecule has 0 bridgehead atoms.